The molecule has 0 saturated heterocycles. The van der Waals surface area contributed by atoms with E-state index in [-0.39, 0.29) is 12.2 Å². The van der Waals surface area contributed by atoms with Crippen molar-refractivity contribution in [3.05, 3.63) is 60.9 Å². The number of alkyl halides is 3. The average Bonchev–Trinajstić information content (AvgIpc) is 2.94. The Bertz CT molecular complexity index is 1180. The van der Waals surface area contributed by atoms with Crippen molar-refractivity contribution >= 4 is 5.97 Å². The van der Waals surface area contributed by atoms with Crippen LogP contribution in [0.25, 0.3) is 22.5 Å². The van der Waals surface area contributed by atoms with Crippen LogP contribution in [-0.4, -0.2) is 40.1 Å². The van der Waals surface area contributed by atoms with E-state index in [1.54, 1.807) is 67.8 Å². The predicted molar refractivity (Wildman–Crippen MR) is 147 cm³/mol. The zero-order chi connectivity index (χ0) is 28.4. The fourth-order valence-corrected chi connectivity index (χ4v) is 4.12. The van der Waals surface area contributed by atoms with Gasteiger partial charge in [-0.15, -0.1) is 0 Å². The van der Waals surface area contributed by atoms with Crippen LogP contribution >= 0.6 is 0 Å². The number of para-hydroxylation sites is 1. The standard InChI is InChI=1S/C31H37F3N2O3/c1-5-7-8-11-18-31(4,34)30(37)38-24-16-14-22(15-17-24)23-19-35-29(36-20-23)25-12-9-10-13-27(25)39-26(6-2)28(33)21(3)32/h9-10,12-17,19-21,26,28H,5-8,11,18H2,1-4H3. The van der Waals surface area contributed by atoms with Gasteiger partial charge in [-0.3, -0.25) is 0 Å². The fraction of sp³-hybridized carbons (Fsp3) is 0.452. The van der Waals surface area contributed by atoms with E-state index < -0.39 is 30.1 Å². The highest BCUT2D eigenvalue weighted by Gasteiger charge is 2.34. The van der Waals surface area contributed by atoms with Gasteiger partial charge in [0.05, 0.1) is 5.56 Å². The van der Waals surface area contributed by atoms with Crippen LogP contribution in [0.1, 0.15) is 66.2 Å². The lowest BCUT2D eigenvalue weighted by molar-refractivity contribution is -0.147. The summed E-state index contributed by atoms with van der Waals surface area (Å²) in [6.07, 6.45) is 2.93. The highest BCUT2D eigenvalue weighted by molar-refractivity contribution is 5.81. The third kappa shape index (κ3) is 8.28. The summed E-state index contributed by atoms with van der Waals surface area (Å²) in [5, 5.41) is 0. The molecule has 4 atom stereocenters. The monoisotopic (exact) mass is 542 g/mol. The Morgan fingerprint density at radius 1 is 0.949 bits per heavy atom. The van der Waals surface area contributed by atoms with Gasteiger partial charge in [-0.2, -0.15) is 0 Å². The number of esters is 1. The molecule has 3 aromatic rings. The van der Waals surface area contributed by atoms with Crippen molar-refractivity contribution in [1.29, 1.82) is 0 Å². The van der Waals surface area contributed by atoms with E-state index in [1.807, 2.05) is 0 Å². The first-order chi connectivity index (χ1) is 18.7. The minimum absolute atomic E-state index is 0.129. The molecule has 0 spiro atoms. The van der Waals surface area contributed by atoms with Crippen molar-refractivity contribution < 1.29 is 27.4 Å². The maximum absolute atomic E-state index is 14.8. The van der Waals surface area contributed by atoms with Gasteiger partial charge in [-0.25, -0.2) is 27.9 Å². The first-order valence-corrected chi connectivity index (χ1v) is 13.5. The Labute approximate surface area is 228 Å². The fourth-order valence-electron chi connectivity index (χ4n) is 4.12. The zero-order valence-electron chi connectivity index (χ0n) is 23.0. The van der Waals surface area contributed by atoms with Crippen molar-refractivity contribution in [2.75, 3.05) is 0 Å². The number of hydrogen-bond donors (Lipinski definition) is 0. The summed E-state index contributed by atoms with van der Waals surface area (Å²) in [4.78, 5) is 21.2. The van der Waals surface area contributed by atoms with Gasteiger partial charge in [-0.1, -0.05) is 57.4 Å². The molecule has 0 aliphatic heterocycles. The first-order valence-electron chi connectivity index (χ1n) is 13.5. The first kappa shape index (κ1) is 30.1. The summed E-state index contributed by atoms with van der Waals surface area (Å²) in [6.45, 7) is 6.25. The number of ether oxygens (including phenoxy) is 2. The minimum Gasteiger partial charge on any atom is -0.487 e. The van der Waals surface area contributed by atoms with Gasteiger partial charge >= 0.3 is 5.97 Å². The number of carbonyl (C=O) groups is 1. The van der Waals surface area contributed by atoms with Crippen LogP contribution in [0, 0.1) is 0 Å². The molecule has 1 aromatic heterocycles. The smallest absolute Gasteiger partial charge is 0.348 e. The van der Waals surface area contributed by atoms with E-state index in [0.29, 0.717) is 35.5 Å². The second-order valence-corrected chi connectivity index (χ2v) is 9.90. The number of carbonyl (C=O) groups excluding carboxylic acids is 1. The molecular weight excluding hydrogens is 505 g/mol. The maximum atomic E-state index is 14.8. The van der Waals surface area contributed by atoms with E-state index in [2.05, 4.69) is 16.9 Å². The van der Waals surface area contributed by atoms with Gasteiger partial charge in [-0.05, 0) is 62.9 Å². The molecule has 4 unspecified atom stereocenters. The van der Waals surface area contributed by atoms with Crippen molar-refractivity contribution in [2.24, 2.45) is 0 Å². The third-order valence-corrected chi connectivity index (χ3v) is 6.58. The number of rotatable bonds is 14. The van der Waals surface area contributed by atoms with Crippen LogP contribution in [0.15, 0.2) is 60.9 Å². The van der Waals surface area contributed by atoms with Crippen LogP contribution < -0.4 is 9.47 Å². The van der Waals surface area contributed by atoms with Gasteiger partial charge in [0.1, 0.15) is 23.8 Å². The molecule has 1 heterocycles. The van der Waals surface area contributed by atoms with Crippen LogP contribution in [-0.2, 0) is 4.79 Å². The highest BCUT2D eigenvalue weighted by atomic mass is 19.2. The van der Waals surface area contributed by atoms with E-state index >= 15 is 0 Å². The van der Waals surface area contributed by atoms with Gasteiger partial charge in [0, 0.05) is 18.0 Å². The Kier molecular flexibility index (Phi) is 10.9. The Balaban J connectivity index is 1.68. The SMILES string of the molecule is CCCCCCC(C)(F)C(=O)Oc1ccc(-c2cnc(-c3ccccc3OC(CC)C(F)C(C)F)nc2)cc1. The molecule has 8 heteroatoms. The number of aromatic nitrogens is 2. The summed E-state index contributed by atoms with van der Waals surface area (Å²) in [5.41, 5.74) is 0.00888. The number of halogens is 3. The maximum Gasteiger partial charge on any atom is 0.348 e. The summed E-state index contributed by atoms with van der Waals surface area (Å²) in [6, 6.07) is 13.6. The highest BCUT2D eigenvalue weighted by Crippen LogP contribution is 2.31. The quantitative estimate of drug-likeness (QED) is 0.117. The molecule has 210 valence electrons. The molecule has 0 radical (unpaired) electrons. The Hall–Kier alpha value is -3.42. The van der Waals surface area contributed by atoms with Crippen LogP contribution in [0.4, 0.5) is 13.2 Å². The predicted octanol–water partition coefficient (Wildman–Crippen LogP) is 8.27. The average molecular weight is 543 g/mol. The Morgan fingerprint density at radius 3 is 2.23 bits per heavy atom. The van der Waals surface area contributed by atoms with E-state index in [1.165, 1.54) is 13.8 Å². The lowest BCUT2D eigenvalue weighted by Crippen LogP contribution is -2.34. The molecule has 2 aromatic carbocycles. The summed E-state index contributed by atoms with van der Waals surface area (Å²) < 4.78 is 53.7. The summed E-state index contributed by atoms with van der Waals surface area (Å²) in [5.74, 6) is 0.103. The molecule has 0 aliphatic carbocycles. The molecule has 0 fully saturated rings. The largest absolute Gasteiger partial charge is 0.487 e. The number of hydrogen-bond acceptors (Lipinski definition) is 5. The summed E-state index contributed by atoms with van der Waals surface area (Å²) >= 11 is 0. The van der Waals surface area contributed by atoms with Gasteiger partial charge in [0.2, 0.25) is 5.67 Å². The van der Waals surface area contributed by atoms with E-state index in [0.717, 1.165) is 24.8 Å². The molecule has 0 amide bonds. The molecule has 0 bridgehead atoms. The molecular formula is C31H37F3N2O3. The molecule has 0 N–H and O–H groups in total. The molecule has 39 heavy (non-hydrogen) atoms. The third-order valence-electron chi connectivity index (χ3n) is 6.58. The lowest BCUT2D eigenvalue weighted by Gasteiger charge is -2.23. The van der Waals surface area contributed by atoms with Crippen molar-refractivity contribution in [2.45, 2.75) is 90.3 Å². The lowest BCUT2D eigenvalue weighted by atomic mass is 10.00. The number of nitrogens with zero attached hydrogens (tertiary/aromatic N) is 2. The van der Waals surface area contributed by atoms with E-state index in [9.17, 15) is 18.0 Å². The van der Waals surface area contributed by atoms with Crippen molar-refractivity contribution in [3.63, 3.8) is 0 Å². The minimum atomic E-state index is -2.04. The van der Waals surface area contributed by atoms with Crippen LogP contribution in [0.3, 0.4) is 0 Å². The van der Waals surface area contributed by atoms with Crippen LogP contribution in [0.5, 0.6) is 11.5 Å². The molecule has 3 rings (SSSR count). The van der Waals surface area contributed by atoms with Gasteiger partial charge < -0.3 is 9.47 Å². The van der Waals surface area contributed by atoms with Gasteiger partial charge in [0.15, 0.2) is 12.0 Å². The molecule has 0 saturated carbocycles. The number of unbranched alkanes of at least 4 members (excludes halogenated alkanes) is 3. The second-order valence-electron chi connectivity index (χ2n) is 9.90. The molecule has 5 nitrogen and oxygen atoms in total. The van der Waals surface area contributed by atoms with Crippen molar-refractivity contribution in [1.82, 2.24) is 9.97 Å². The van der Waals surface area contributed by atoms with E-state index in [4.69, 9.17) is 9.47 Å². The van der Waals surface area contributed by atoms with Crippen molar-refractivity contribution in [3.8, 4) is 34.0 Å². The normalized spacial score (nSPS) is 15.2. The molecule has 0 aliphatic rings. The van der Waals surface area contributed by atoms with Gasteiger partial charge in [0.25, 0.3) is 0 Å². The van der Waals surface area contributed by atoms with Crippen LogP contribution in [0.2, 0.25) is 0 Å². The second kappa shape index (κ2) is 14.1. The Morgan fingerprint density at radius 2 is 1.62 bits per heavy atom. The summed E-state index contributed by atoms with van der Waals surface area (Å²) in [7, 11) is 0. The number of benzene rings is 2. The topological polar surface area (TPSA) is 61.3 Å². The zero-order valence-corrected chi connectivity index (χ0v) is 23.0.